The van der Waals surface area contributed by atoms with Crippen LogP contribution in [0.5, 0.6) is 0 Å². The summed E-state index contributed by atoms with van der Waals surface area (Å²) in [6.07, 6.45) is 0.991. The highest BCUT2D eigenvalue weighted by Gasteiger charge is 2.29. The van der Waals surface area contributed by atoms with Crippen LogP contribution in [-0.4, -0.2) is 61.2 Å². The maximum Gasteiger partial charge on any atom is 0.243 e. The molecule has 1 aromatic carbocycles. The zero-order valence-electron chi connectivity index (χ0n) is 14.0. The molecule has 0 aliphatic carbocycles. The van der Waals surface area contributed by atoms with Crippen LogP contribution < -0.4 is 5.32 Å². The molecule has 0 amide bonds. The number of Topliss-reactive ketones (excluding diaryl/α,β-unsaturated/α-hetero) is 1. The Hall–Kier alpha value is -1.51. The summed E-state index contributed by atoms with van der Waals surface area (Å²) in [5.41, 5.74) is 0.506. The molecule has 0 aromatic heterocycles. The van der Waals surface area contributed by atoms with Gasteiger partial charge in [-0.1, -0.05) is 19.1 Å². The molecule has 0 spiro atoms. The average Bonchev–Trinajstić information content (AvgIpc) is 2.59. The lowest BCUT2D eigenvalue weighted by Crippen LogP contribution is -2.53. The topological polar surface area (TPSA) is 69.7 Å². The number of hydrogen-bond acceptors (Lipinski definition) is 4. The van der Waals surface area contributed by atoms with Gasteiger partial charge in [-0.2, -0.15) is 4.31 Å². The van der Waals surface area contributed by atoms with Crippen molar-refractivity contribution in [2.75, 3.05) is 32.7 Å². The first-order valence-electron chi connectivity index (χ1n) is 8.00. The zero-order valence-corrected chi connectivity index (χ0v) is 15.6. The molecule has 6 nitrogen and oxygen atoms in total. The van der Waals surface area contributed by atoms with Gasteiger partial charge in [-0.05, 0) is 37.7 Å². The predicted octanol–water partition coefficient (Wildman–Crippen LogP) is 1.48. The van der Waals surface area contributed by atoms with Crippen molar-refractivity contribution in [2.45, 2.75) is 25.2 Å². The molecule has 1 aliphatic heterocycles. The van der Waals surface area contributed by atoms with E-state index in [0.717, 1.165) is 13.0 Å². The van der Waals surface area contributed by atoms with Crippen LogP contribution in [0.15, 0.2) is 29.2 Å². The maximum absolute atomic E-state index is 12.7. The van der Waals surface area contributed by atoms with Gasteiger partial charge in [0.05, 0.1) is 4.90 Å². The van der Waals surface area contributed by atoms with Crippen molar-refractivity contribution in [1.82, 2.24) is 14.5 Å². The van der Waals surface area contributed by atoms with Crippen molar-refractivity contribution in [3.63, 3.8) is 0 Å². The van der Waals surface area contributed by atoms with Crippen molar-refractivity contribution >= 4 is 33.1 Å². The van der Waals surface area contributed by atoms with E-state index in [0.29, 0.717) is 36.9 Å². The number of hydrogen-bond donors (Lipinski definition) is 1. The van der Waals surface area contributed by atoms with Gasteiger partial charge in [0.25, 0.3) is 0 Å². The zero-order chi connectivity index (χ0) is 17.7. The Morgan fingerprint density at radius 2 is 1.75 bits per heavy atom. The molecule has 1 aromatic rings. The Morgan fingerprint density at radius 3 is 2.25 bits per heavy atom. The van der Waals surface area contributed by atoms with E-state index in [1.54, 1.807) is 12.1 Å². The van der Waals surface area contributed by atoms with Gasteiger partial charge in [-0.3, -0.25) is 4.79 Å². The van der Waals surface area contributed by atoms with Crippen LogP contribution in [0.2, 0.25) is 0 Å². The fourth-order valence-electron chi connectivity index (χ4n) is 2.49. The molecule has 2 rings (SSSR count). The monoisotopic (exact) mass is 369 g/mol. The summed E-state index contributed by atoms with van der Waals surface area (Å²) in [6, 6.07) is 6.09. The predicted molar refractivity (Wildman–Crippen MR) is 97.7 cm³/mol. The molecule has 0 unspecified atom stereocenters. The van der Waals surface area contributed by atoms with Gasteiger partial charge < -0.3 is 10.2 Å². The molecule has 24 heavy (non-hydrogen) atoms. The van der Waals surface area contributed by atoms with Crippen molar-refractivity contribution in [3.05, 3.63) is 29.8 Å². The number of ketones is 1. The Balaban J connectivity index is 2.02. The van der Waals surface area contributed by atoms with Crippen LogP contribution in [0.1, 0.15) is 30.6 Å². The highest BCUT2D eigenvalue weighted by molar-refractivity contribution is 7.89. The summed E-state index contributed by atoms with van der Waals surface area (Å²) < 4.78 is 26.8. The molecule has 1 heterocycles. The van der Waals surface area contributed by atoms with E-state index in [1.807, 2.05) is 4.90 Å². The van der Waals surface area contributed by atoms with Crippen LogP contribution in [0.4, 0.5) is 0 Å². The van der Waals surface area contributed by atoms with Gasteiger partial charge in [-0.15, -0.1) is 0 Å². The van der Waals surface area contributed by atoms with Crippen molar-refractivity contribution < 1.29 is 13.2 Å². The largest absolute Gasteiger partial charge is 0.363 e. The number of carbonyl (C=O) groups excluding carboxylic acids is 1. The fourth-order valence-corrected chi connectivity index (χ4v) is 4.19. The fraction of sp³-hybridized carbons (Fsp3) is 0.500. The van der Waals surface area contributed by atoms with Gasteiger partial charge in [0.15, 0.2) is 10.9 Å². The highest BCUT2D eigenvalue weighted by atomic mass is 32.2. The van der Waals surface area contributed by atoms with E-state index in [1.165, 1.54) is 23.4 Å². The molecule has 0 saturated carbocycles. The van der Waals surface area contributed by atoms with Gasteiger partial charge in [-0.25, -0.2) is 8.42 Å². The number of nitrogens with one attached hydrogen (secondary N) is 1. The Morgan fingerprint density at radius 1 is 1.17 bits per heavy atom. The van der Waals surface area contributed by atoms with Gasteiger partial charge >= 0.3 is 0 Å². The first-order chi connectivity index (χ1) is 11.4. The molecule has 1 aliphatic rings. The van der Waals surface area contributed by atoms with Crippen LogP contribution in [-0.2, 0) is 10.0 Å². The van der Waals surface area contributed by atoms with Gasteiger partial charge in [0.1, 0.15) is 0 Å². The number of sulfonamides is 1. The van der Waals surface area contributed by atoms with Crippen LogP contribution in [0.3, 0.4) is 0 Å². The quantitative estimate of drug-likeness (QED) is 0.626. The van der Waals surface area contributed by atoms with E-state index in [9.17, 15) is 13.2 Å². The van der Waals surface area contributed by atoms with E-state index >= 15 is 0 Å². The Bertz CT molecular complexity index is 694. The van der Waals surface area contributed by atoms with E-state index in [2.05, 4.69) is 12.2 Å². The second kappa shape index (κ2) is 8.04. The van der Waals surface area contributed by atoms with E-state index in [4.69, 9.17) is 12.2 Å². The second-order valence-corrected chi connectivity index (χ2v) is 8.03. The standard InChI is InChI=1S/C16H23N3O3S2/c1-3-8-17-16(23)18-9-11-19(12-10-18)24(21,22)15-6-4-14(5-7-15)13(2)20/h4-7H,3,8-12H2,1-2H3,(H,17,23). The molecule has 1 saturated heterocycles. The minimum absolute atomic E-state index is 0.0827. The summed E-state index contributed by atoms with van der Waals surface area (Å²) in [6.45, 7) is 6.27. The molecule has 8 heteroatoms. The van der Waals surface area contributed by atoms with Gasteiger partial charge in [0, 0.05) is 38.3 Å². The first-order valence-corrected chi connectivity index (χ1v) is 9.85. The molecule has 1 N–H and O–H groups in total. The first kappa shape index (κ1) is 18.8. The SMILES string of the molecule is CCCNC(=S)N1CCN(S(=O)(=O)c2ccc(C(C)=O)cc2)CC1. The average molecular weight is 370 g/mol. The van der Waals surface area contributed by atoms with Crippen LogP contribution in [0, 0.1) is 0 Å². The minimum atomic E-state index is -3.54. The third kappa shape index (κ3) is 4.31. The van der Waals surface area contributed by atoms with Crippen LogP contribution >= 0.6 is 12.2 Å². The Labute approximate surface area is 148 Å². The van der Waals surface area contributed by atoms with Crippen molar-refractivity contribution in [2.24, 2.45) is 0 Å². The third-order valence-electron chi connectivity index (χ3n) is 3.95. The lowest BCUT2D eigenvalue weighted by Gasteiger charge is -2.35. The molecule has 0 atom stereocenters. The summed E-state index contributed by atoms with van der Waals surface area (Å²) >= 11 is 5.32. The van der Waals surface area contributed by atoms with Crippen molar-refractivity contribution in [1.29, 1.82) is 0 Å². The number of rotatable bonds is 5. The molecule has 132 valence electrons. The normalized spacial score (nSPS) is 16.0. The third-order valence-corrected chi connectivity index (χ3v) is 6.27. The minimum Gasteiger partial charge on any atom is -0.363 e. The van der Waals surface area contributed by atoms with Crippen LogP contribution in [0.25, 0.3) is 0 Å². The van der Waals surface area contributed by atoms with Crippen molar-refractivity contribution in [3.8, 4) is 0 Å². The lowest BCUT2D eigenvalue weighted by atomic mass is 10.2. The molecular formula is C16H23N3O3S2. The lowest BCUT2D eigenvalue weighted by molar-refractivity contribution is 0.101. The van der Waals surface area contributed by atoms with E-state index in [-0.39, 0.29) is 10.7 Å². The number of nitrogens with zero attached hydrogens (tertiary/aromatic N) is 2. The van der Waals surface area contributed by atoms with E-state index < -0.39 is 10.0 Å². The van der Waals surface area contributed by atoms with Gasteiger partial charge in [0.2, 0.25) is 10.0 Å². The second-order valence-electron chi connectivity index (χ2n) is 5.70. The molecular weight excluding hydrogens is 346 g/mol. The highest BCUT2D eigenvalue weighted by Crippen LogP contribution is 2.18. The number of benzene rings is 1. The Kier molecular flexibility index (Phi) is 6.31. The molecule has 0 bridgehead atoms. The molecule has 1 fully saturated rings. The smallest absolute Gasteiger partial charge is 0.243 e. The summed E-state index contributed by atoms with van der Waals surface area (Å²) in [7, 11) is -3.54. The summed E-state index contributed by atoms with van der Waals surface area (Å²) in [5, 5.41) is 3.84. The maximum atomic E-state index is 12.7. The number of piperazine rings is 1. The summed E-state index contributed by atoms with van der Waals surface area (Å²) in [5.74, 6) is -0.0827. The summed E-state index contributed by atoms with van der Waals surface area (Å²) in [4.78, 5) is 13.5. The number of carbonyl (C=O) groups is 1. The molecule has 0 radical (unpaired) electrons. The number of thiocarbonyl (C=S) groups is 1.